The van der Waals surface area contributed by atoms with Crippen LogP contribution in [0.1, 0.15) is 43.0 Å². The average molecular weight is 636 g/mol. The van der Waals surface area contributed by atoms with Crippen LogP contribution in [0.5, 0.6) is 0 Å². The van der Waals surface area contributed by atoms with Crippen LogP contribution in [0.4, 0.5) is 5.82 Å². The highest BCUT2D eigenvalue weighted by Gasteiger charge is 2.35. The third-order valence-corrected chi connectivity index (χ3v) is 8.98. The van der Waals surface area contributed by atoms with Crippen molar-refractivity contribution in [3.63, 3.8) is 0 Å². The molecule has 1 amide bonds. The molecule has 2 aromatic rings. The molecule has 0 unspecified atom stereocenters. The second kappa shape index (κ2) is 13.0. The molecule has 1 saturated carbocycles. The van der Waals surface area contributed by atoms with Crippen molar-refractivity contribution < 1.29 is 15.0 Å². The maximum absolute atomic E-state index is 12.9. The highest BCUT2D eigenvalue weighted by molar-refractivity contribution is 14.1. The molecule has 37 heavy (non-hydrogen) atoms. The van der Waals surface area contributed by atoms with Gasteiger partial charge in [0.2, 0.25) is 5.91 Å². The standard InChI is InChI=1S/C27H34IN5O3S/c1-17(13-18(14-28)9-11-29)31-25-4-2-3-21(32-25)24-15-30-26(37-24)19-5-7-20(8-6-19)27(36)33-12-10-22(34)23(35)16-33/h2-4,9,11,13,15,19-20,22-23,34-35H,1,5-8,10,12,14,16,29H2,(H,31,32)/b11-9-,18-13+/t19?,20?,22-,23+/m0/s1. The number of pyridine rings is 1. The number of halogens is 1. The minimum atomic E-state index is -0.846. The van der Waals surface area contributed by atoms with E-state index in [1.165, 1.54) is 6.20 Å². The van der Waals surface area contributed by atoms with Crippen LogP contribution in [0.2, 0.25) is 0 Å². The summed E-state index contributed by atoms with van der Waals surface area (Å²) < 4.78 is 0.824. The number of nitrogens with two attached hydrogens (primary N) is 1. The van der Waals surface area contributed by atoms with Crippen LogP contribution in [0, 0.1) is 5.92 Å². The minimum Gasteiger partial charge on any atom is -0.405 e. The number of hydrogen-bond acceptors (Lipinski definition) is 8. The molecule has 1 aliphatic heterocycles. The van der Waals surface area contributed by atoms with Gasteiger partial charge >= 0.3 is 0 Å². The Morgan fingerprint density at radius 1 is 1.24 bits per heavy atom. The second-order valence-electron chi connectivity index (χ2n) is 9.59. The van der Waals surface area contributed by atoms with E-state index in [9.17, 15) is 15.0 Å². The van der Waals surface area contributed by atoms with Gasteiger partial charge in [-0.05, 0) is 68.2 Å². The Labute approximate surface area is 235 Å². The fraction of sp³-hybridized carbons (Fsp3) is 0.444. The molecule has 2 fully saturated rings. The Morgan fingerprint density at radius 2 is 2.03 bits per heavy atom. The smallest absolute Gasteiger partial charge is 0.225 e. The van der Waals surface area contributed by atoms with Gasteiger partial charge in [0.1, 0.15) is 5.82 Å². The van der Waals surface area contributed by atoms with E-state index in [0.29, 0.717) is 24.7 Å². The Morgan fingerprint density at radius 3 is 2.73 bits per heavy atom. The number of piperidine rings is 1. The maximum atomic E-state index is 12.9. The number of carbonyl (C=O) groups excluding carboxylic acids is 1. The van der Waals surface area contributed by atoms with Crippen molar-refractivity contribution in [1.82, 2.24) is 14.9 Å². The monoisotopic (exact) mass is 635 g/mol. The van der Waals surface area contributed by atoms with Crippen molar-refractivity contribution in [3.8, 4) is 10.6 Å². The average Bonchev–Trinajstić information content (AvgIpc) is 3.40. The van der Waals surface area contributed by atoms with E-state index in [4.69, 9.17) is 15.7 Å². The van der Waals surface area contributed by atoms with E-state index < -0.39 is 12.2 Å². The number of likely N-dealkylation sites (tertiary alicyclic amines) is 1. The first-order valence-electron chi connectivity index (χ1n) is 12.6. The predicted octanol–water partition coefficient (Wildman–Crippen LogP) is 4.19. The van der Waals surface area contributed by atoms with Crippen molar-refractivity contribution in [2.75, 3.05) is 22.8 Å². The SMILES string of the molecule is C=C(/C=C(\C=C/N)CI)Nc1cccc(-c2cnc(C3CCC(C(=O)N4CC[C@H](O)[C@H](O)C4)CC3)s2)n1. The van der Waals surface area contributed by atoms with Gasteiger partial charge in [0.15, 0.2) is 0 Å². The van der Waals surface area contributed by atoms with Crippen molar-refractivity contribution in [3.05, 3.63) is 65.6 Å². The number of nitrogens with zero attached hydrogens (tertiary/aromatic N) is 3. The van der Waals surface area contributed by atoms with Crippen LogP contribution in [-0.4, -0.2) is 60.7 Å². The van der Waals surface area contributed by atoms with E-state index in [-0.39, 0.29) is 18.4 Å². The molecule has 5 N–H and O–H groups in total. The van der Waals surface area contributed by atoms with Gasteiger partial charge in [-0.25, -0.2) is 9.97 Å². The molecule has 0 radical (unpaired) electrons. The normalized spacial score (nSPS) is 24.8. The summed E-state index contributed by atoms with van der Waals surface area (Å²) in [5.41, 5.74) is 8.17. The number of nitrogens with one attached hydrogen (secondary N) is 1. The van der Waals surface area contributed by atoms with E-state index in [0.717, 1.165) is 57.0 Å². The molecule has 4 rings (SSSR count). The fourth-order valence-corrected chi connectivity index (χ4v) is 6.41. The van der Waals surface area contributed by atoms with Crippen LogP contribution >= 0.6 is 33.9 Å². The van der Waals surface area contributed by atoms with E-state index >= 15 is 0 Å². The summed E-state index contributed by atoms with van der Waals surface area (Å²) in [5, 5.41) is 24.0. The highest BCUT2D eigenvalue weighted by atomic mass is 127. The molecule has 198 valence electrons. The number of anilines is 1. The number of aromatic nitrogens is 2. The quantitative estimate of drug-likeness (QED) is 0.195. The molecule has 1 saturated heterocycles. The van der Waals surface area contributed by atoms with Gasteiger partial charge in [-0.15, -0.1) is 11.3 Å². The number of carbonyl (C=O) groups is 1. The second-order valence-corrected chi connectivity index (χ2v) is 11.4. The summed E-state index contributed by atoms with van der Waals surface area (Å²) in [4.78, 5) is 25.1. The molecule has 10 heteroatoms. The molecule has 3 heterocycles. The summed E-state index contributed by atoms with van der Waals surface area (Å²) in [6, 6.07) is 5.86. The van der Waals surface area contributed by atoms with Crippen LogP contribution < -0.4 is 11.1 Å². The zero-order chi connectivity index (χ0) is 26.4. The summed E-state index contributed by atoms with van der Waals surface area (Å²) in [6.07, 6.45) is 9.55. The number of allylic oxidation sites excluding steroid dienone is 3. The Hall–Kier alpha value is -2.28. The summed E-state index contributed by atoms with van der Waals surface area (Å²) in [6.45, 7) is 4.82. The Kier molecular flexibility index (Phi) is 9.74. The van der Waals surface area contributed by atoms with Crippen molar-refractivity contribution in [2.24, 2.45) is 11.7 Å². The van der Waals surface area contributed by atoms with Crippen molar-refractivity contribution in [1.29, 1.82) is 0 Å². The Bertz CT molecular complexity index is 1160. The zero-order valence-electron chi connectivity index (χ0n) is 20.7. The van der Waals surface area contributed by atoms with Crippen LogP contribution in [0.3, 0.4) is 0 Å². The molecule has 1 aliphatic carbocycles. The summed E-state index contributed by atoms with van der Waals surface area (Å²) in [5.74, 6) is 1.15. The third kappa shape index (κ3) is 7.18. The molecule has 0 bridgehead atoms. The van der Waals surface area contributed by atoms with Gasteiger partial charge < -0.3 is 26.2 Å². The lowest BCUT2D eigenvalue weighted by Gasteiger charge is -2.37. The largest absolute Gasteiger partial charge is 0.405 e. The van der Waals surface area contributed by atoms with Crippen LogP contribution in [0.25, 0.3) is 10.6 Å². The summed E-state index contributed by atoms with van der Waals surface area (Å²) in [7, 11) is 0. The topological polar surface area (TPSA) is 125 Å². The lowest BCUT2D eigenvalue weighted by molar-refractivity contribution is -0.143. The zero-order valence-corrected chi connectivity index (χ0v) is 23.7. The van der Waals surface area contributed by atoms with Crippen molar-refractivity contribution >= 4 is 45.7 Å². The molecule has 2 atom stereocenters. The van der Waals surface area contributed by atoms with Gasteiger partial charge in [0.05, 0.1) is 27.8 Å². The number of aliphatic hydroxyl groups is 2. The lowest BCUT2D eigenvalue weighted by Crippen LogP contribution is -2.50. The number of alkyl halides is 1. The number of aliphatic hydroxyl groups excluding tert-OH is 2. The molecule has 8 nitrogen and oxygen atoms in total. The molecule has 0 spiro atoms. The number of amides is 1. The molecule has 0 aromatic carbocycles. The van der Waals surface area contributed by atoms with Gasteiger partial charge in [0, 0.05) is 41.2 Å². The van der Waals surface area contributed by atoms with Gasteiger partial charge in [-0.1, -0.05) is 35.2 Å². The van der Waals surface area contributed by atoms with E-state index in [2.05, 4.69) is 34.5 Å². The number of hydrogen-bond donors (Lipinski definition) is 4. The maximum Gasteiger partial charge on any atom is 0.225 e. The predicted molar refractivity (Wildman–Crippen MR) is 156 cm³/mol. The number of thiazole rings is 1. The first-order chi connectivity index (χ1) is 17.9. The van der Waals surface area contributed by atoms with E-state index in [1.807, 2.05) is 36.5 Å². The van der Waals surface area contributed by atoms with Crippen molar-refractivity contribution in [2.45, 2.75) is 50.2 Å². The first-order valence-corrected chi connectivity index (χ1v) is 14.9. The molecule has 2 aromatic heterocycles. The van der Waals surface area contributed by atoms with Crippen LogP contribution in [0.15, 0.2) is 60.6 Å². The first kappa shape index (κ1) is 27.7. The third-order valence-electron chi connectivity index (χ3n) is 6.92. The molecular formula is C27H34IN5O3S. The lowest BCUT2D eigenvalue weighted by atomic mass is 9.81. The number of β-amino-alcohol motifs (C(OH)–C–C–N with tert-alkyl or cyclic N) is 1. The molecule has 2 aliphatic rings. The highest BCUT2D eigenvalue weighted by Crippen LogP contribution is 2.40. The van der Waals surface area contributed by atoms with Gasteiger partial charge in [0.25, 0.3) is 0 Å². The fourth-order valence-electron chi connectivity index (χ4n) is 4.88. The van der Waals surface area contributed by atoms with E-state index in [1.54, 1.807) is 16.2 Å². The minimum absolute atomic E-state index is 0.0160. The summed E-state index contributed by atoms with van der Waals surface area (Å²) >= 11 is 3.95. The number of rotatable bonds is 8. The molecular weight excluding hydrogens is 601 g/mol. The van der Waals surface area contributed by atoms with Crippen LogP contribution in [-0.2, 0) is 4.79 Å². The Balaban J connectivity index is 1.34. The van der Waals surface area contributed by atoms with Gasteiger partial charge in [-0.2, -0.15) is 0 Å². The van der Waals surface area contributed by atoms with Gasteiger partial charge in [-0.3, -0.25) is 4.79 Å².